The molecule has 1 aromatic carbocycles. The standard InChI is InChI=1S/C7H6BrF2N/c8-5-3-1-2-4(6(5)11)7(9)10/h1-3,7H,11H2. The number of para-hydroxylation sites is 1. The van der Waals surface area contributed by atoms with Crippen LogP contribution in [0.15, 0.2) is 22.7 Å². The summed E-state index contributed by atoms with van der Waals surface area (Å²) in [4.78, 5) is 0. The zero-order valence-corrected chi connectivity index (χ0v) is 7.11. The molecule has 0 aliphatic rings. The summed E-state index contributed by atoms with van der Waals surface area (Å²) < 4.78 is 24.7. The summed E-state index contributed by atoms with van der Waals surface area (Å²) in [7, 11) is 0. The summed E-state index contributed by atoms with van der Waals surface area (Å²) in [5.41, 5.74) is 5.34. The Morgan fingerprint density at radius 3 is 2.45 bits per heavy atom. The summed E-state index contributed by atoms with van der Waals surface area (Å²) in [6.07, 6.45) is -2.51. The Morgan fingerprint density at radius 2 is 2.00 bits per heavy atom. The van der Waals surface area contributed by atoms with Crippen molar-refractivity contribution in [3.63, 3.8) is 0 Å². The highest BCUT2D eigenvalue weighted by Crippen LogP contribution is 2.30. The molecule has 0 spiro atoms. The first-order chi connectivity index (χ1) is 5.13. The molecule has 0 fully saturated rings. The molecular formula is C7H6BrF2N. The first-order valence-electron chi connectivity index (χ1n) is 2.95. The topological polar surface area (TPSA) is 26.0 Å². The molecule has 0 unspecified atom stereocenters. The van der Waals surface area contributed by atoms with Gasteiger partial charge in [-0.25, -0.2) is 8.78 Å². The van der Waals surface area contributed by atoms with E-state index >= 15 is 0 Å². The lowest BCUT2D eigenvalue weighted by Crippen LogP contribution is -1.94. The van der Waals surface area contributed by atoms with E-state index in [1.165, 1.54) is 12.1 Å². The van der Waals surface area contributed by atoms with Gasteiger partial charge in [0, 0.05) is 10.0 Å². The van der Waals surface area contributed by atoms with Crippen LogP contribution >= 0.6 is 15.9 Å². The molecule has 1 rings (SSSR count). The molecule has 0 aliphatic carbocycles. The minimum Gasteiger partial charge on any atom is -0.397 e. The predicted octanol–water partition coefficient (Wildman–Crippen LogP) is 2.97. The number of anilines is 1. The van der Waals surface area contributed by atoms with Crippen LogP contribution in [-0.4, -0.2) is 0 Å². The molecular weight excluding hydrogens is 216 g/mol. The lowest BCUT2D eigenvalue weighted by Gasteiger charge is -2.04. The fourth-order valence-corrected chi connectivity index (χ4v) is 1.13. The molecule has 0 aromatic heterocycles. The largest absolute Gasteiger partial charge is 0.397 e. The molecule has 0 atom stereocenters. The van der Waals surface area contributed by atoms with E-state index < -0.39 is 6.43 Å². The molecule has 0 saturated heterocycles. The van der Waals surface area contributed by atoms with Crippen molar-refractivity contribution in [1.29, 1.82) is 0 Å². The Labute approximate surface area is 71.3 Å². The van der Waals surface area contributed by atoms with Gasteiger partial charge < -0.3 is 5.73 Å². The number of halogens is 3. The highest BCUT2D eigenvalue weighted by molar-refractivity contribution is 9.10. The van der Waals surface area contributed by atoms with Crippen LogP contribution in [0.1, 0.15) is 12.0 Å². The fourth-order valence-electron chi connectivity index (χ4n) is 0.744. The Hall–Kier alpha value is -0.640. The van der Waals surface area contributed by atoms with Crippen molar-refractivity contribution in [3.05, 3.63) is 28.2 Å². The summed E-state index contributed by atoms with van der Waals surface area (Å²) in [5, 5.41) is 0. The van der Waals surface area contributed by atoms with Gasteiger partial charge in [0.1, 0.15) is 0 Å². The summed E-state index contributed by atoms with van der Waals surface area (Å²) in [6.45, 7) is 0. The zero-order chi connectivity index (χ0) is 8.43. The van der Waals surface area contributed by atoms with Crippen LogP contribution < -0.4 is 5.73 Å². The summed E-state index contributed by atoms with van der Waals surface area (Å²) >= 11 is 3.06. The normalized spacial score (nSPS) is 10.5. The number of nitrogen functional groups attached to an aromatic ring is 1. The van der Waals surface area contributed by atoms with Gasteiger partial charge in [0.2, 0.25) is 0 Å². The van der Waals surface area contributed by atoms with Crippen molar-refractivity contribution in [1.82, 2.24) is 0 Å². The molecule has 4 heteroatoms. The average Bonchev–Trinajstić information content (AvgIpc) is 1.94. The number of hydrogen-bond donors (Lipinski definition) is 1. The van der Waals surface area contributed by atoms with Crippen molar-refractivity contribution in [3.8, 4) is 0 Å². The second kappa shape index (κ2) is 3.17. The van der Waals surface area contributed by atoms with Crippen LogP contribution in [-0.2, 0) is 0 Å². The maximum atomic E-state index is 12.1. The maximum Gasteiger partial charge on any atom is 0.265 e. The van der Waals surface area contributed by atoms with Gasteiger partial charge in [-0.15, -0.1) is 0 Å². The minimum absolute atomic E-state index is 0.113. The van der Waals surface area contributed by atoms with Crippen molar-refractivity contribution in [2.24, 2.45) is 0 Å². The van der Waals surface area contributed by atoms with Crippen LogP contribution in [0.5, 0.6) is 0 Å². The van der Waals surface area contributed by atoms with Crippen molar-refractivity contribution < 1.29 is 8.78 Å². The molecule has 60 valence electrons. The van der Waals surface area contributed by atoms with E-state index in [0.717, 1.165) is 0 Å². The van der Waals surface area contributed by atoms with E-state index in [0.29, 0.717) is 4.47 Å². The van der Waals surface area contributed by atoms with Gasteiger partial charge in [-0.3, -0.25) is 0 Å². The zero-order valence-electron chi connectivity index (χ0n) is 5.52. The Kier molecular flexibility index (Phi) is 2.44. The van der Waals surface area contributed by atoms with Crippen molar-refractivity contribution in [2.45, 2.75) is 6.43 Å². The van der Waals surface area contributed by atoms with Crippen LogP contribution in [0, 0.1) is 0 Å². The number of nitrogens with two attached hydrogens (primary N) is 1. The summed E-state index contributed by atoms with van der Waals surface area (Å²) in [5.74, 6) is 0. The van der Waals surface area contributed by atoms with Gasteiger partial charge in [0.25, 0.3) is 6.43 Å². The molecule has 1 aromatic rings. The van der Waals surface area contributed by atoms with Gasteiger partial charge in [-0.05, 0) is 22.0 Å². The molecule has 11 heavy (non-hydrogen) atoms. The van der Waals surface area contributed by atoms with Gasteiger partial charge >= 0.3 is 0 Å². The first-order valence-corrected chi connectivity index (χ1v) is 3.74. The van der Waals surface area contributed by atoms with E-state index in [1.807, 2.05) is 0 Å². The monoisotopic (exact) mass is 221 g/mol. The van der Waals surface area contributed by atoms with E-state index in [-0.39, 0.29) is 11.3 Å². The van der Waals surface area contributed by atoms with E-state index in [1.54, 1.807) is 6.07 Å². The molecule has 0 bridgehead atoms. The fraction of sp³-hybridized carbons (Fsp3) is 0.143. The number of benzene rings is 1. The van der Waals surface area contributed by atoms with Gasteiger partial charge in [0.05, 0.1) is 5.69 Å². The Balaban J connectivity index is 3.17. The lowest BCUT2D eigenvalue weighted by molar-refractivity contribution is 0.152. The third kappa shape index (κ3) is 1.68. The lowest BCUT2D eigenvalue weighted by atomic mass is 10.2. The van der Waals surface area contributed by atoms with Gasteiger partial charge in [-0.2, -0.15) is 0 Å². The molecule has 0 amide bonds. The number of rotatable bonds is 1. The van der Waals surface area contributed by atoms with Crippen LogP contribution in [0.25, 0.3) is 0 Å². The molecule has 0 radical (unpaired) electrons. The van der Waals surface area contributed by atoms with Gasteiger partial charge in [-0.1, -0.05) is 12.1 Å². The number of alkyl halides is 2. The minimum atomic E-state index is -2.51. The van der Waals surface area contributed by atoms with E-state index in [9.17, 15) is 8.78 Å². The van der Waals surface area contributed by atoms with E-state index in [4.69, 9.17) is 5.73 Å². The smallest absolute Gasteiger partial charge is 0.265 e. The summed E-state index contributed by atoms with van der Waals surface area (Å²) in [6, 6.07) is 4.47. The molecule has 0 saturated carbocycles. The SMILES string of the molecule is Nc1c(Br)cccc1C(F)F. The third-order valence-corrected chi connectivity index (χ3v) is 2.01. The quantitative estimate of drug-likeness (QED) is 0.726. The van der Waals surface area contributed by atoms with Gasteiger partial charge in [0.15, 0.2) is 0 Å². The Morgan fingerprint density at radius 1 is 1.36 bits per heavy atom. The molecule has 2 N–H and O–H groups in total. The van der Waals surface area contributed by atoms with Crippen molar-refractivity contribution in [2.75, 3.05) is 5.73 Å². The predicted molar refractivity (Wildman–Crippen MR) is 43.5 cm³/mol. The highest BCUT2D eigenvalue weighted by Gasteiger charge is 2.11. The van der Waals surface area contributed by atoms with E-state index in [2.05, 4.69) is 15.9 Å². The molecule has 1 nitrogen and oxygen atoms in total. The maximum absolute atomic E-state index is 12.1. The second-order valence-corrected chi connectivity index (χ2v) is 2.90. The van der Waals surface area contributed by atoms with Crippen LogP contribution in [0.3, 0.4) is 0 Å². The number of hydrogen-bond acceptors (Lipinski definition) is 1. The third-order valence-electron chi connectivity index (χ3n) is 1.32. The Bertz CT molecular complexity index is 263. The first kappa shape index (κ1) is 8.46. The average molecular weight is 222 g/mol. The molecule has 0 heterocycles. The van der Waals surface area contributed by atoms with Crippen LogP contribution in [0.2, 0.25) is 0 Å². The van der Waals surface area contributed by atoms with Crippen LogP contribution in [0.4, 0.5) is 14.5 Å². The van der Waals surface area contributed by atoms with Crippen molar-refractivity contribution >= 4 is 21.6 Å². The molecule has 0 aliphatic heterocycles. The second-order valence-electron chi connectivity index (χ2n) is 2.04. The highest BCUT2D eigenvalue weighted by atomic mass is 79.9.